The summed E-state index contributed by atoms with van der Waals surface area (Å²) in [6.07, 6.45) is 2.95. The summed E-state index contributed by atoms with van der Waals surface area (Å²) in [6, 6.07) is 26.4. The number of pyridine rings is 1. The molecule has 0 radical (unpaired) electrons. The van der Waals surface area contributed by atoms with E-state index in [1.165, 1.54) is 5.56 Å². The van der Waals surface area contributed by atoms with Gasteiger partial charge in [-0.15, -0.1) is 0 Å². The van der Waals surface area contributed by atoms with Gasteiger partial charge in [-0.3, -0.25) is 4.79 Å². The first-order chi connectivity index (χ1) is 18.6. The zero-order valence-electron chi connectivity index (χ0n) is 21.4. The van der Waals surface area contributed by atoms with E-state index in [-0.39, 0.29) is 12.3 Å². The van der Waals surface area contributed by atoms with E-state index >= 15 is 0 Å². The first-order valence-corrected chi connectivity index (χ1v) is 13.1. The molecule has 0 bridgehead atoms. The fraction of sp³-hybridized carbons (Fsp3) is 0.250. The Balaban J connectivity index is 1.35. The van der Waals surface area contributed by atoms with Crippen molar-refractivity contribution in [1.82, 2.24) is 9.55 Å². The summed E-state index contributed by atoms with van der Waals surface area (Å²) in [5.41, 5.74) is 6.49. The second-order valence-electron chi connectivity index (χ2n) is 9.95. The van der Waals surface area contributed by atoms with Gasteiger partial charge in [0.15, 0.2) is 0 Å². The molecule has 38 heavy (non-hydrogen) atoms. The number of carbonyl (C=O) groups is 1. The van der Waals surface area contributed by atoms with Crippen LogP contribution in [-0.2, 0) is 24.4 Å². The molecular weight excluding hydrogens is 476 g/mol. The molecule has 0 aliphatic heterocycles. The number of nitrogens with zero attached hydrogens (tertiary/aromatic N) is 2. The van der Waals surface area contributed by atoms with Crippen LogP contribution in [0.4, 0.5) is 0 Å². The molecule has 192 valence electrons. The normalized spacial score (nSPS) is 14.9. The summed E-state index contributed by atoms with van der Waals surface area (Å²) in [4.78, 5) is 16.5. The van der Waals surface area contributed by atoms with Gasteiger partial charge in [0.1, 0.15) is 18.1 Å². The van der Waals surface area contributed by atoms with Crippen LogP contribution in [-0.4, -0.2) is 27.7 Å². The minimum atomic E-state index is -0.754. The molecule has 5 aromatic rings. The number of hydrogen-bond acceptors (Lipinski definition) is 4. The molecule has 6 nitrogen and oxygen atoms in total. The lowest BCUT2D eigenvalue weighted by Crippen LogP contribution is -2.17. The van der Waals surface area contributed by atoms with Crippen molar-refractivity contribution in [1.29, 1.82) is 0 Å². The maximum atomic E-state index is 11.7. The molecule has 0 spiro atoms. The third-order valence-corrected chi connectivity index (χ3v) is 7.51. The number of fused-ring (bicyclic) bond motifs is 4. The average Bonchev–Trinajstić information content (AvgIpc) is 3.25. The number of ether oxygens (including phenoxy) is 2. The van der Waals surface area contributed by atoms with E-state index < -0.39 is 5.97 Å². The maximum Gasteiger partial charge on any atom is 0.304 e. The number of rotatable bonds is 8. The van der Waals surface area contributed by atoms with Crippen LogP contribution in [0.1, 0.15) is 47.7 Å². The zero-order valence-corrected chi connectivity index (χ0v) is 21.4. The molecule has 1 aliphatic carbocycles. The lowest BCUT2D eigenvalue weighted by Gasteiger charge is -2.24. The highest BCUT2D eigenvalue weighted by molar-refractivity contribution is 5.88. The fourth-order valence-electron chi connectivity index (χ4n) is 5.74. The quantitative estimate of drug-likeness (QED) is 0.253. The topological polar surface area (TPSA) is 73.6 Å². The Bertz CT molecular complexity index is 1620. The van der Waals surface area contributed by atoms with Gasteiger partial charge in [0.2, 0.25) is 0 Å². The number of aliphatic carboxylic acids is 1. The second kappa shape index (κ2) is 10.2. The standard InChI is InChI=1S/C32H30N2O4/c1-37-25-13-9-21(10-14-25)19-34-30-16-15-26(38-20-24-12-11-22-5-2-3-8-29(22)33-24)18-28(30)27-7-4-6-23(32(27)34)17-31(35)36/h2-3,5,8-16,18,23H,4,6-7,17,19-20H2,1H3,(H,35,36). The molecule has 2 heterocycles. The van der Waals surface area contributed by atoms with Crippen LogP contribution in [0.5, 0.6) is 11.5 Å². The number of carboxylic acid groups (broad SMARTS) is 1. The molecule has 6 heteroatoms. The predicted molar refractivity (Wildman–Crippen MR) is 148 cm³/mol. The number of benzene rings is 3. The summed E-state index contributed by atoms with van der Waals surface area (Å²) in [5, 5.41) is 11.9. The van der Waals surface area contributed by atoms with Crippen LogP contribution >= 0.6 is 0 Å². The van der Waals surface area contributed by atoms with E-state index in [0.29, 0.717) is 13.2 Å². The van der Waals surface area contributed by atoms with Crippen LogP contribution in [0.25, 0.3) is 21.8 Å². The van der Waals surface area contributed by atoms with Gasteiger partial charge in [-0.1, -0.05) is 36.4 Å². The van der Waals surface area contributed by atoms with Gasteiger partial charge >= 0.3 is 5.97 Å². The summed E-state index contributed by atoms with van der Waals surface area (Å²) >= 11 is 0. The number of aromatic nitrogens is 2. The van der Waals surface area contributed by atoms with Gasteiger partial charge in [-0.2, -0.15) is 0 Å². The van der Waals surface area contributed by atoms with Crippen molar-refractivity contribution >= 4 is 27.8 Å². The Morgan fingerprint density at radius 3 is 2.66 bits per heavy atom. The molecule has 2 aromatic heterocycles. The van der Waals surface area contributed by atoms with Crippen LogP contribution < -0.4 is 9.47 Å². The van der Waals surface area contributed by atoms with Crippen molar-refractivity contribution in [3.8, 4) is 11.5 Å². The van der Waals surface area contributed by atoms with Gasteiger partial charge < -0.3 is 19.1 Å². The fourth-order valence-corrected chi connectivity index (χ4v) is 5.74. The van der Waals surface area contributed by atoms with Gasteiger partial charge in [0.25, 0.3) is 0 Å². The van der Waals surface area contributed by atoms with E-state index in [1.807, 2.05) is 42.5 Å². The first kappa shape index (κ1) is 24.0. The highest BCUT2D eigenvalue weighted by atomic mass is 16.5. The molecule has 0 fully saturated rings. The zero-order chi connectivity index (χ0) is 26.1. The minimum absolute atomic E-state index is 0.00642. The largest absolute Gasteiger partial charge is 0.497 e. The van der Waals surface area contributed by atoms with Crippen LogP contribution in [0.15, 0.2) is 78.9 Å². The Kier molecular flexibility index (Phi) is 6.46. The maximum absolute atomic E-state index is 11.7. The molecule has 1 unspecified atom stereocenters. The summed E-state index contributed by atoms with van der Waals surface area (Å²) in [6.45, 7) is 1.06. The molecule has 0 amide bonds. The van der Waals surface area contributed by atoms with Crippen molar-refractivity contribution in [2.75, 3.05) is 7.11 Å². The van der Waals surface area contributed by atoms with Crippen LogP contribution in [0.2, 0.25) is 0 Å². The molecule has 3 aromatic carbocycles. The number of methoxy groups -OCH3 is 1. The number of hydrogen-bond donors (Lipinski definition) is 1. The number of carboxylic acids is 1. The molecule has 1 aliphatic rings. The number of aryl methyl sites for hydroxylation is 1. The number of para-hydroxylation sites is 1. The Morgan fingerprint density at radius 2 is 1.84 bits per heavy atom. The SMILES string of the molecule is COc1ccc(Cn2c3c(c4cc(OCc5ccc6ccccc6n5)ccc42)CCCC3CC(=O)O)cc1. The van der Waals surface area contributed by atoms with E-state index in [2.05, 4.69) is 41.0 Å². The monoisotopic (exact) mass is 506 g/mol. The van der Waals surface area contributed by atoms with Gasteiger partial charge in [0, 0.05) is 34.4 Å². The van der Waals surface area contributed by atoms with Crippen molar-refractivity contribution in [2.45, 2.75) is 44.8 Å². The van der Waals surface area contributed by atoms with Gasteiger partial charge in [0.05, 0.1) is 24.7 Å². The lowest BCUT2D eigenvalue weighted by atomic mass is 9.84. The molecule has 1 atom stereocenters. The van der Waals surface area contributed by atoms with E-state index in [0.717, 1.165) is 69.5 Å². The molecule has 6 rings (SSSR count). The first-order valence-electron chi connectivity index (χ1n) is 13.1. The summed E-state index contributed by atoms with van der Waals surface area (Å²) < 4.78 is 13.8. The van der Waals surface area contributed by atoms with E-state index in [1.54, 1.807) is 7.11 Å². The Labute approximate surface area is 221 Å². The minimum Gasteiger partial charge on any atom is -0.497 e. The third-order valence-electron chi connectivity index (χ3n) is 7.51. The van der Waals surface area contributed by atoms with Crippen LogP contribution in [0, 0.1) is 0 Å². The molecule has 0 saturated carbocycles. The predicted octanol–water partition coefficient (Wildman–Crippen LogP) is 6.72. The smallest absolute Gasteiger partial charge is 0.304 e. The lowest BCUT2D eigenvalue weighted by molar-refractivity contribution is -0.137. The summed E-state index contributed by atoms with van der Waals surface area (Å²) in [7, 11) is 1.66. The van der Waals surface area contributed by atoms with Crippen molar-refractivity contribution in [3.05, 3.63) is 101 Å². The highest BCUT2D eigenvalue weighted by Crippen LogP contribution is 2.41. The van der Waals surface area contributed by atoms with Crippen molar-refractivity contribution in [2.24, 2.45) is 0 Å². The van der Waals surface area contributed by atoms with Crippen LogP contribution in [0.3, 0.4) is 0 Å². The van der Waals surface area contributed by atoms with Crippen molar-refractivity contribution < 1.29 is 19.4 Å². The Hall–Kier alpha value is -4.32. The summed E-state index contributed by atoms with van der Waals surface area (Å²) in [5.74, 6) is 0.848. The molecule has 0 saturated heterocycles. The molecule has 1 N–H and O–H groups in total. The highest BCUT2D eigenvalue weighted by Gasteiger charge is 2.29. The molecular formula is C32H30N2O4. The second-order valence-corrected chi connectivity index (χ2v) is 9.95. The Morgan fingerprint density at radius 1 is 1.03 bits per heavy atom. The average molecular weight is 507 g/mol. The third kappa shape index (κ3) is 4.70. The van der Waals surface area contributed by atoms with E-state index in [9.17, 15) is 9.90 Å². The van der Waals surface area contributed by atoms with Gasteiger partial charge in [-0.05, 0) is 72.9 Å². The van der Waals surface area contributed by atoms with Gasteiger partial charge in [-0.25, -0.2) is 4.98 Å². The van der Waals surface area contributed by atoms with E-state index in [4.69, 9.17) is 14.5 Å². The van der Waals surface area contributed by atoms with Crippen molar-refractivity contribution in [3.63, 3.8) is 0 Å².